The molecule has 5 rings (SSSR count). The van der Waals surface area contributed by atoms with Gasteiger partial charge in [0.15, 0.2) is 5.65 Å². The third-order valence-electron chi connectivity index (χ3n) is 5.70. The third kappa shape index (κ3) is 4.17. The highest BCUT2D eigenvalue weighted by atomic mass is 35.5. The van der Waals surface area contributed by atoms with Crippen molar-refractivity contribution in [2.24, 2.45) is 0 Å². The molecule has 1 N–H and O–H groups in total. The fourth-order valence-electron chi connectivity index (χ4n) is 4.11. The molecule has 4 aromatic rings. The molecule has 3 heterocycles. The van der Waals surface area contributed by atoms with Crippen LogP contribution in [0, 0.1) is 0 Å². The van der Waals surface area contributed by atoms with Crippen molar-refractivity contribution in [3.63, 3.8) is 0 Å². The first kappa shape index (κ1) is 19.7. The van der Waals surface area contributed by atoms with Crippen LogP contribution in [0.1, 0.15) is 34.1 Å². The van der Waals surface area contributed by atoms with Crippen molar-refractivity contribution in [3.8, 4) is 0 Å². The molecule has 1 aliphatic heterocycles. The van der Waals surface area contributed by atoms with Crippen LogP contribution in [0.15, 0.2) is 72.9 Å². The first-order valence-electron chi connectivity index (χ1n) is 10.3. The van der Waals surface area contributed by atoms with E-state index < -0.39 is 0 Å². The molecule has 1 atom stereocenters. The Bertz CT molecular complexity index is 1220. The number of carbonyl (C=O) groups is 1. The lowest BCUT2D eigenvalue weighted by atomic mass is 10.1. The van der Waals surface area contributed by atoms with Gasteiger partial charge in [0.25, 0.3) is 5.91 Å². The zero-order valence-corrected chi connectivity index (χ0v) is 17.7. The Balaban J connectivity index is 1.35. The predicted octanol–water partition coefficient (Wildman–Crippen LogP) is 4.62. The van der Waals surface area contributed by atoms with E-state index >= 15 is 0 Å². The van der Waals surface area contributed by atoms with Crippen LogP contribution in [-0.2, 0) is 6.54 Å². The van der Waals surface area contributed by atoms with Gasteiger partial charge in [0, 0.05) is 25.2 Å². The fourth-order valence-corrected chi connectivity index (χ4v) is 4.29. The highest BCUT2D eigenvalue weighted by Gasteiger charge is 2.28. The summed E-state index contributed by atoms with van der Waals surface area (Å²) in [7, 11) is 0. The standard InChI is InChI=1S/C24H22ClN5O/c25-20-8-4-5-9-21(20)26-24(31)19-10-11-22-27-28-23(30(22)16-19)18-12-13-29(15-18)14-17-6-2-1-3-7-17/h1-11,16,18H,12-15H2,(H,26,31). The molecule has 1 aliphatic rings. The molecule has 0 saturated carbocycles. The summed E-state index contributed by atoms with van der Waals surface area (Å²) in [6, 6.07) is 21.3. The zero-order chi connectivity index (χ0) is 21.2. The molecule has 0 radical (unpaired) electrons. The largest absolute Gasteiger partial charge is 0.321 e. The normalized spacial score (nSPS) is 16.6. The topological polar surface area (TPSA) is 62.5 Å². The van der Waals surface area contributed by atoms with Crippen molar-refractivity contribution in [2.75, 3.05) is 18.4 Å². The predicted molar refractivity (Wildman–Crippen MR) is 121 cm³/mol. The van der Waals surface area contributed by atoms with Crippen LogP contribution in [-0.4, -0.2) is 38.5 Å². The molecule has 2 aromatic carbocycles. The van der Waals surface area contributed by atoms with Crippen LogP contribution in [0.2, 0.25) is 5.02 Å². The lowest BCUT2D eigenvalue weighted by Crippen LogP contribution is -2.20. The van der Waals surface area contributed by atoms with Gasteiger partial charge in [-0.05, 0) is 42.8 Å². The van der Waals surface area contributed by atoms with Gasteiger partial charge in [-0.25, -0.2) is 0 Å². The smallest absolute Gasteiger partial charge is 0.257 e. The molecule has 1 unspecified atom stereocenters. The second-order valence-electron chi connectivity index (χ2n) is 7.84. The molecule has 1 saturated heterocycles. The molecule has 31 heavy (non-hydrogen) atoms. The number of amides is 1. The molecule has 0 spiro atoms. The van der Waals surface area contributed by atoms with Gasteiger partial charge in [0.05, 0.1) is 16.3 Å². The molecule has 0 bridgehead atoms. The molecule has 7 heteroatoms. The van der Waals surface area contributed by atoms with Crippen molar-refractivity contribution >= 4 is 28.8 Å². The van der Waals surface area contributed by atoms with Gasteiger partial charge in [0.2, 0.25) is 0 Å². The monoisotopic (exact) mass is 431 g/mol. The van der Waals surface area contributed by atoms with Crippen LogP contribution >= 0.6 is 11.6 Å². The number of likely N-dealkylation sites (tertiary alicyclic amines) is 1. The van der Waals surface area contributed by atoms with Crippen molar-refractivity contribution in [1.29, 1.82) is 0 Å². The van der Waals surface area contributed by atoms with Crippen LogP contribution < -0.4 is 5.32 Å². The quantitative estimate of drug-likeness (QED) is 0.500. The number of rotatable bonds is 5. The number of halogens is 1. The minimum Gasteiger partial charge on any atom is -0.321 e. The fraction of sp³-hybridized carbons (Fsp3) is 0.208. The number of para-hydroxylation sites is 1. The van der Waals surface area contributed by atoms with Crippen molar-refractivity contribution in [2.45, 2.75) is 18.9 Å². The summed E-state index contributed by atoms with van der Waals surface area (Å²) in [5.74, 6) is 0.963. The zero-order valence-electron chi connectivity index (χ0n) is 16.9. The van der Waals surface area contributed by atoms with Crippen molar-refractivity contribution < 1.29 is 4.79 Å². The van der Waals surface area contributed by atoms with Gasteiger partial charge in [-0.3, -0.25) is 14.1 Å². The number of fused-ring (bicyclic) bond motifs is 1. The van der Waals surface area contributed by atoms with E-state index in [1.54, 1.807) is 18.2 Å². The molecule has 0 aliphatic carbocycles. The van der Waals surface area contributed by atoms with E-state index in [9.17, 15) is 4.79 Å². The van der Waals surface area contributed by atoms with Gasteiger partial charge < -0.3 is 5.32 Å². The number of hydrogen-bond donors (Lipinski definition) is 1. The number of benzene rings is 2. The number of carbonyl (C=O) groups excluding carboxylic acids is 1. The maximum atomic E-state index is 12.8. The van der Waals surface area contributed by atoms with Gasteiger partial charge in [0.1, 0.15) is 5.82 Å². The minimum absolute atomic E-state index is 0.216. The van der Waals surface area contributed by atoms with E-state index in [-0.39, 0.29) is 11.8 Å². The number of pyridine rings is 1. The molecular weight excluding hydrogens is 410 g/mol. The average Bonchev–Trinajstić information content (AvgIpc) is 3.42. The maximum absolute atomic E-state index is 12.8. The summed E-state index contributed by atoms with van der Waals surface area (Å²) in [5.41, 5.74) is 3.18. The first-order valence-corrected chi connectivity index (χ1v) is 10.7. The van der Waals surface area contributed by atoms with E-state index in [0.717, 1.165) is 37.5 Å². The Hall–Kier alpha value is -3.22. The Morgan fingerprint density at radius 2 is 1.84 bits per heavy atom. The number of hydrogen-bond acceptors (Lipinski definition) is 4. The summed E-state index contributed by atoms with van der Waals surface area (Å²) < 4.78 is 1.94. The highest BCUT2D eigenvalue weighted by Crippen LogP contribution is 2.28. The van der Waals surface area contributed by atoms with Crippen LogP contribution in [0.3, 0.4) is 0 Å². The Labute approximate surface area is 185 Å². The minimum atomic E-state index is -0.216. The highest BCUT2D eigenvalue weighted by molar-refractivity contribution is 6.33. The van der Waals surface area contributed by atoms with Gasteiger partial charge in [-0.1, -0.05) is 54.1 Å². The number of nitrogens with one attached hydrogen (secondary N) is 1. The third-order valence-corrected chi connectivity index (χ3v) is 6.03. The first-order chi connectivity index (χ1) is 15.2. The summed E-state index contributed by atoms with van der Waals surface area (Å²) in [5, 5.41) is 12.1. The Morgan fingerprint density at radius 1 is 1.03 bits per heavy atom. The van der Waals surface area contributed by atoms with Gasteiger partial charge >= 0.3 is 0 Å². The number of anilines is 1. The van der Waals surface area contributed by atoms with Crippen molar-refractivity contribution in [1.82, 2.24) is 19.5 Å². The van der Waals surface area contributed by atoms with E-state index in [1.807, 2.05) is 34.9 Å². The molecule has 6 nitrogen and oxygen atoms in total. The van der Waals surface area contributed by atoms with Crippen LogP contribution in [0.4, 0.5) is 5.69 Å². The Kier molecular flexibility index (Phi) is 5.40. The SMILES string of the molecule is O=C(Nc1ccccc1Cl)c1ccc2nnc(C3CCN(Cc4ccccc4)C3)n2c1. The van der Waals surface area contributed by atoms with E-state index in [2.05, 4.69) is 44.7 Å². The maximum Gasteiger partial charge on any atom is 0.257 e. The lowest BCUT2D eigenvalue weighted by molar-refractivity contribution is 0.102. The van der Waals surface area contributed by atoms with E-state index in [1.165, 1.54) is 5.56 Å². The summed E-state index contributed by atoms with van der Waals surface area (Å²) in [6.07, 6.45) is 2.83. The molecule has 1 fully saturated rings. The second-order valence-corrected chi connectivity index (χ2v) is 8.25. The molecule has 2 aromatic heterocycles. The van der Waals surface area contributed by atoms with Gasteiger partial charge in [-0.2, -0.15) is 0 Å². The van der Waals surface area contributed by atoms with E-state index in [0.29, 0.717) is 16.3 Å². The van der Waals surface area contributed by atoms with Crippen molar-refractivity contribution in [3.05, 3.63) is 94.9 Å². The number of nitrogens with zero attached hydrogens (tertiary/aromatic N) is 4. The molecule has 1 amide bonds. The van der Waals surface area contributed by atoms with E-state index in [4.69, 9.17) is 11.6 Å². The summed E-state index contributed by atoms with van der Waals surface area (Å²) in [6.45, 7) is 2.87. The number of aromatic nitrogens is 3. The second kappa shape index (κ2) is 8.49. The van der Waals surface area contributed by atoms with Crippen LogP contribution in [0.25, 0.3) is 5.65 Å². The molecule has 156 valence electrons. The average molecular weight is 432 g/mol. The summed E-state index contributed by atoms with van der Waals surface area (Å²) >= 11 is 6.17. The molecular formula is C24H22ClN5O. The van der Waals surface area contributed by atoms with Crippen LogP contribution in [0.5, 0.6) is 0 Å². The lowest BCUT2D eigenvalue weighted by Gasteiger charge is -2.15. The van der Waals surface area contributed by atoms with Gasteiger partial charge in [-0.15, -0.1) is 10.2 Å². The summed E-state index contributed by atoms with van der Waals surface area (Å²) in [4.78, 5) is 15.2. The Morgan fingerprint density at radius 3 is 2.68 bits per heavy atom.